The molecule has 0 saturated carbocycles. The lowest BCUT2D eigenvalue weighted by molar-refractivity contribution is 0.343. The summed E-state index contributed by atoms with van der Waals surface area (Å²) in [6, 6.07) is 10.5. The van der Waals surface area contributed by atoms with Crippen LogP contribution >= 0.6 is 0 Å². The lowest BCUT2D eigenvalue weighted by Gasteiger charge is -2.11. The predicted octanol–water partition coefficient (Wildman–Crippen LogP) is 1.79. The fourth-order valence-electron chi connectivity index (χ4n) is 1.66. The summed E-state index contributed by atoms with van der Waals surface area (Å²) in [5, 5.41) is 0. The van der Waals surface area contributed by atoms with Crippen LogP contribution in [0.15, 0.2) is 42.6 Å². The summed E-state index contributed by atoms with van der Waals surface area (Å²) < 4.78 is 31.7. The molecule has 0 spiro atoms. The summed E-state index contributed by atoms with van der Waals surface area (Å²) in [4.78, 5) is 3.99. The number of nitrogen functional groups attached to an aromatic ring is 1. The van der Waals surface area contributed by atoms with Gasteiger partial charge in [-0.25, -0.2) is 13.4 Å². The average Bonchev–Trinajstić information content (AvgIpc) is 2.43. The molecule has 2 aromatic rings. The Kier molecular flexibility index (Phi) is 4.64. The van der Waals surface area contributed by atoms with Crippen molar-refractivity contribution in [1.29, 1.82) is 0 Å². The molecule has 7 heteroatoms. The van der Waals surface area contributed by atoms with E-state index in [-0.39, 0.29) is 12.4 Å². The molecule has 21 heavy (non-hydrogen) atoms. The number of ether oxygens (including phenoxy) is 1. The van der Waals surface area contributed by atoms with Gasteiger partial charge in [-0.15, -0.1) is 0 Å². The second-order valence-corrected chi connectivity index (χ2v) is 6.32. The van der Waals surface area contributed by atoms with E-state index in [1.165, 1.54) is 6.20 Å². The van der Waals surface area contributed by atoms with Crippen molar-refractivity contribution in [3.05, 3.63) is 48.2 Å². The number of nitrogens with zero attached hydrogens (tertiary/aromatic N) is 1. The van der Waals surface area contributed by atoms with E-state index in [4.69, 9.17) is 10.5 Å². The molecule has 3 N–H and O–H groups in total. The molecule has 0 aliphatic rings. The SMILES string of the molecule is Cc1cccnc1NS(=O)(=O)CCOc1ccccc1N. The molecule has 0 aliphatic carbocycles. The third-order valence-electron chi connectivity index (χ3n) is 2.79. The van der Waals surface area contributed by atoms with Crippen LogP contribution < -0.4 is 15.2 Å². The number of hydrogen-bond acceptors (Lipinski definition) is 5. The first-order valence-electron chi connectivity index (χ1n) is 6.37. The average molecular weight is 307 g/mol. The summed E-state index contributed by atoms with van der Waals surface area (Å²) in [6.45, 7) is 1.79. The van der Waals surface area contributed by atoms with Crippen molar-refractivity contribution in [3.63, 3.8) is 0 Å². The van der Waals surface area contributed by atoms with E-state index < -0.39 is 10.0 Å². The Hall–Kier alpha value is -2.28. The highest BCUT2D eigenvalue weighted by atomic mass is 32.2. The van der Waals surface area contributed by atoms with E-state index in [0.29, 0.717) is 17.3 Å². The lowest BCUT2D eigenvalue weighted by Crippen LogP contribution is -2.22. The standard InChI is InChI=1S/C14H17N3O3S/c1-11-5-4-8-16-14(11)17-21(18,19)10-9-20-13-7-3-2-6-12(13)15/h2-8H,9-10,15H2,1H3,(H,16,17). The van der Waals surface area contributed by atoms with Gasteiger partial charge in [-0.3, -0.25) is 4.72 Å². The van der Waals surface area contributed by atoms with Crippen LogP contribution in [0.2, 0.25) is 0 Å². The lowest BCUT2D eigenvalue weighted by atomic mass is 10.3. The van der Waals surface area contributed by atoms with Crippen molar-refractivity contribution < 1.29 is 13.2 Å². The van der Waals surface area contributed by atoms with Gasteiger partial charge in [0.25, 0.3) is 0 Å². The number of benzene rings is 1. The van der Waals surface area contributed by atoms with Gasteiger partial charge in [-0.05, 0) is 30.7 Å². The van der Waals surface area contributed by atoms with E-state index in [1.54, 1.807) is 43.3 Å². The molecule has 0 atom stereocenters. The maximum Gasteiger partial charge on any atom is 0.237 e. The van der Waals surface area contributed by atoms with Gasteiger partial charge in [0.1, 0.15) is 23.9 Å². The first-order chi connectivity index (χ1) is 9.98. The highest BCUT2D eigenvalue weighted by Crippen LogP contribution is 2.19. The van der Waals surface area contributed by atoms with Crippen LogP contribution in [0.5, 0.6) is 5.75 Å². The van der Waals surface area contributed by atoms with Crippen molar-refractivity contribution in [2.75, 3.05) is 22.8 Å². The first kappa shape index (κ1) is 15.1. The number of anilines is 2. The van der Waals surface area contributed by atoms with Crippen LogP contribution in [0.4, 0.5) is 11.5 Å². The molecule has 0 saturated heterocycles. The fourth-order valence-corrected chi connectivity index (χ4v) is 2.58. The summed E-state index contributed by atoms with van der Waals surface area (Å²) in [6.07, 6.45) is 1.53. The Morgan fingerprint density at radius 3 is 2.71 bits per heavy atom. The number of rotatable bonds is 6. The Bertz CT molecular complexity index is 717. The molecule has 2 rings (SSSR count). The maximum absolute atomic E-state index is 12.0. The molecular weight excluding hydrogens is 290 g/mol. The van der Waals surface area contributed by atoms with Gasteiger partial charge in [0.2, 0.25) is 10.0 Å². The molecule has 0 aliphatic heterocycles. The van der Waals surface area contributed by atoms with Gasteiger partial charge in [-0.1, -0.05) is 18.2 Å². The number of para-hydroxylation sites is 2. The summed E-state index contributed by atoms with van der Waals surface area (Å²) in [5.74, 6) is 0.621. The molecule has 0 fully saturated rings. The molecule has 0 bridgehead atoms. The predicted molar refractivity (Wildman–Crippen MR) is 82.7 cm³/mol. The number of sulfonamides is 1. The van der Waals surface area contributed by atoms with Crippen molar-refractivity contribution >= 4 is 21.5 Å². The normalized spacial score (nSPS) is 11.1. The van der Waals surface area contributed by atoms with E-state index in [2.05, 4.69) is 9.71 Å². The Morgan fingerprint density at radius 1 is 1.24 bits per heavy atom. The van der Waals surface area contributed by atoms with Crippen LogP contribution in [0, 0.1) is 6.92 Å². The number of pyridine rings is 1. The Balaban J connectivity index is 1.93. The van der Waals surface area contributed by atoms with Gasteiger partial charge in [0, 0.05) is 6.20 Å². The zero-order valence-corrected chi connectivity index (χ0v) is 12.4. The highest BCUT2D eigenvalue weighted by molar-refractivity contribution is 7.92. The van der Waals surface area contributed by atoms with Crippen molar-refractivity contribution in [2.24, 2.45) is 0 Å². The number of aryl methyl sites for hydroxylation is 1. The molecule has 6 nitrogen and oxygen atoms in total. The summed E-state index contributed by atoms with van der Waals surface area (Å²) in [5.41, 5.74) is 6.95. The smallest absolute Gasteiger partial charge is 0.237 e. The van der Waals surface area contributed by atoms with E-state index in [9.17, 15) is 8.42 Å². The second-order valence-electron chi connectivity index (χ2n) is 4.48. The fraction of sp³-hybridized carbons (Fsp3) is 0.214. The van der Waals surface area contributed by atoms with Gasteiger partial charge >= 0.3 is 0 Å². The van der Waals surface area contributed by atoms with E-state index in [0.717, 1.165) is 5.56 Å². The van der Waals surface area contributed by atoms with Gasteiger partial charge in [0.05, 0.1) is 5.69 Å². The second kappa shape index (κ2) is 6.45. The molecule has 1 aromatic heterocycles. The molecule has 1 aromatic carbocycles. The third-order valence-corrected chi connectivity index (χ3v) is 4.00. The number of hydrogen-bond donors (Lipinski definition) is 2. The third kappa shape index (κ3) is 4.35. The van der Waals surface area contributed by atoms with Gasteiger partial charge < -0.3 is 10.5 Å². The summed E-state index contributed by atoms with van der Waals surface area (Å²) >= 11 is 0. The zero-order valence-electron chi connectivity index (χ0n) is 11.6. The zero-order chi connectivity index (χ0) is 15.3. The van der Waals surface area contributed by atoms with Crippen molar-refractivity contribution in [3.8, 4) is 5.75 Å². The van der Waals surface area contributed by atoms with Crippen LogP contribution in [-0.4, -0.2) is 25.8 Å². The van der Waals surface area contributed by atoms with Crippen molar-refractivity contribution in [1.82, 2.24) is 4.98 Å². The monoisotopic (exact) mass is 307 g/mol. The number of aromatic nitrogens is 1. The minimum Gasteiger partial charge on any atom is -0.490 e. The largest absolute Gasteiger partial charge is 0.490 e. The van der Waals surface area contributed by atoms with E-state index >= 15 is 0 Å². The molecular formula is C14H17N3O3S. The van der Waals surface area contributed by atoms with Crippen LogP contribution in [-0.2, 0) is 10.0 Å². The molecule has 112 valence electrons. The molecule has 0 unspecified atom stereocenters. The molecule has 1 heterocycles. The number of nitrogens with one attached hydrogen (secondary N) is 1. The van der Waals surface area contributed by atoms with Crippen molar-refractivity contribution in [2.45, 2.75) is 6.92 Å². The van der Waals surface area contributed by atoms with Gasteiger partial charge in [0.15, 0.2) is 0 Å². The quantitative estimate of drug-likeness (QED) is 0.793. The minimum atomic E-state index is -3.52. The molecule has 0 amide bonds. The first-order valence-corrected chi connectivity index (χ1v) is 8.02. The Labute approximate surface area is 124 Å². The van der Waals surface area contributed by atoms with Crippen LogP contribution in [0.1, 0.15) is 5.56 Å². The van der Waals surface area contributed by atoms with E-state index in [1.807, 2.05) is 0 Å². The van der Waals surface area contributed by atoms with Crippen LogP contribution in [0.3, 0.4) is 0 Å². The minimum absolute atomic E-state index is 0.00935. The summed E-state index contributed by atoms with van der Waals surface area (Å²) in [7, 11) is -3.52. The topological polar surface area (TPSA) is 94.3 Å². The number of nitrogens with two attached hydrogens (primary N) is 1. The highest BCUT2D eigenvalue weighted by Gasteiger charge is 2.13. The Morgan fingerprint density at radius 2 is 2.00 bits per heavy atom. The molecule has 0 radical (unpaired) electrons. The van der Waals surface area contributed by atoms with Crippen LogP contribution in [0.25, 0.3) is 0 Å². The maximum atomic E-state index is 12.0. The van der Waals surface area contributed by atoms with Gasteiger partial charge in [-0.2, -0.15) is 0 Å².